The van der Waals surface area contributed by atoms with Crippen molar-refractivity contribution in [2.45, 2.75) is 65.2 Å². The molecule has 1 N–H and O–H groups in total. The van der Waals surface area contributed by atoms with Crippen LogP contribution in [-0.4, -0.2) is 11.7 Å². The van der Waals surface area contributed by atoms with Gasteiger partial charge in [-0.05, 0) is 91.7 Å². The average molecular weight is 392 g/mol. The normalized spacial score (nSPS) is 41.0. The van der Waals surface area contributed by atoms with Gasteiger partial charge in [-0.15, -0.1) is 0 Å². The molecule has 1 aromatic rings. The molecule has 3 heteroatoms. The molecule has 0 spiro atoms. The molecule has 29 heavy (non-hydrogen) atoms. The van der Waals surface area contributed by atoms with E-state index in [1.165, 1.54) is 24.8 Å². The van der Waals surface area contributed by atoms with E-state index in [1.807, 2.05) is 36.4 Å². The highest BCUT2D eigenvalue weighted by atomic mass is 16.2. The number of para-hydroxylation sites is 1. The monoisotopic (exact) mass is 391 g/mol. The van der Waals surface area contributed by atoms with Crippen molar-refractivity contribution in [3.8, 4) is 0 Å². The summed E-state index contributed by atoms with van der Waals surface area (Å²) in [6, 6.07) is 9.90. The lowest BCUT2D eigenvalue weighted by atomic mass is 9.47. The first kappa shape index (κ1) is 19.1. The number of benzene rings is 1. The van der Waals surface area contributed by atoms with Crippen molar-refractivity contribution in [3.05, 3.63) is 42.0 Å². The zero-order chi connectivity index (χ0) is 20.2. The van der Waals surface area contributed by atoms with Crippen molar-refractivity contribution in [2.75, 3.05) is 5.32 Å². The Morgan fingerprint density at radius 3 is 2.55 bits per heavy atom. The van der Waals surface area contributed by atoms with Gasteiger partial charge in [0.15, 0.2) is 5.78 Å². The second-order valence-electron chi connectivity index (χ2n) is 10.6. The van der Waals surface area contributed by atoms with Gasteiger partial charge in [-0.2, -0.15) is 0 Å². The molecule has 0 saturated heterocycles. The van der Waals surface area contributed by atoms with Gasteiger partial charge in [-0.25, -0.2) is 0 Å². The largest absolute Gasteiger partial charge is 0.326 e. The quantitative estimate of drug-likeness (QED) is 0.695. The van der Waals surface area contributed by atoms with E-state index in [4.69, 9.17) is 0 Å². The number of allylic oxidation sites excluding steroid dienone is 1. The number of nitrogens with one attached hydrogen (secondary N) is 1. The summed E-state index contributed by atoms with van der Waals surface area (Å²) in [7, 11) is 0. The van der Waals surface area contributed by atoms with Crippen molar-refractivity contribution in [2.24, 2.45) is 34.5 Å². The molecule has 0 heterocycles. The third kappa shape index (κ3) is 3.00. The van der Waals surface area contributed by atoms with Crippen molar-refractivity contribution in [3.63, 3.8) is 0 Å². The van der Waals surface area contributed by atoms with E-state index < -0.39 is 0 Å². The van der Waals surface area contributed by atoms with Crippen LogP contribution in [-0.2, 0) is 9.59 Å². The Balaban J connectivity index is 1.43. The first-order valence-electron chi connectivity index (χ1n) is 11.5. The van der Waals surface area contributed by atoms with Crippen LogP contribution in [0.2, 0.25) is 0 Å². The van der Waals surface area contributed by atoms with E-state index in [1.54, 1.807) is 0 Å². The molecule has 3 fully saturated rings. The summed E-state index contributed by atoms with van der Waals surface area (Å²) in [6.45, 7) is 4.86. The van der Waals surface area contributed by atoms with Crippen LogP contribution in [0, 0.1) is 34.5 Å². The highest BCUT2D eigenvalue weighted by molar-refractivity contribution is 5.93. The van der Waals surface area contributed by atoms with E-state index in [-0.39, 0.29) is 17.2 Å². The lowest BCUT2D eigenvalue weighted by Gasteiger charge is -2.58. The van der Waals surface area contributed by atoms with Crippen LogP contribution in [0.3, 0.4) is 0 Å². The van der Waals surface area contributed by atoms with Gasteiger partial charge in [0.2, 0.25) is 5.91 Å². The average Bonchev–Trinajstić information content (AvgIpc) is 3.07. The second kappa shape index (κ2) is 6.82. The van der Waals surface area contributed by atoms with Crippen LogP contribution < -0.4 is 5.32 Å². The number of carbonyl (C=O) groups excluding carboxylic acids is 2. The molecule has 3 nitrogen and oxygen atoms in total. The van der Waals surface area contributed by atoms with Gasteiger partial charge >= 0.3 is 0 Å². The van der Waals surface area contributed by atoms with Gasteiger partial charge in [-0.3, -0.25) is 9.59 Å². The molecule has 0 aliphatic heterocycles. The number of anilines is 1. The van der Waals surface area contributed by atoms with Gasteiger partial charge in [0.1, 0.15) is 0 Å². The lowest BCUT2D eigenvalue weighted by Crippen LogP contribution is -2.51. The summed E-state index contributed by atoms with van der Waals surface area (Å²) < 4.78 is 0. The van der Waals surface area contributed by atoms with Crippen LogP contribution in [0.4, 0.5) is 5.69 Å². The Labute approximate surface area is 174 Å². The zero-order valence-electron chi connectivity index (χ0n) is 17.7. The third-order valence-electron chi connectivity index (χ3n) is 9.17. The van der Waals surface area contributed by atoms with Crippen molar-refractivity contribution in [1.82, 2.24) is 0 Å². The van der Waals surface area contributed by atoms with Crippen LogP contribution in [0.25, 0.3) is 0 Å². The highest BCUT2D eigenvalue weighted by Crippen LogP contribution is 2.66. The summed E-state index contributed by atoms with van der Waals surface area (Å²) in [5.74, 6) is 2.36. The second-order valence-corrected chi connectivity index (χ2v) is 10.6. The Morgan fingerprint density at radius 2 is 1.76 bits per heavy atom. The first-order chi connectivity index (χ1) is 13.9. The molecule has 0 aromatic heterocycles. The number of rotatable bonds is 2. The van der Waals surface area contributed by atoms with E-state index in [0.717, 1.165) is 31.4 Å². The molecule has 154 valence electrons. The summed E-state index contributed by atoms with van der Waals surface area (Å²) in [5, 5.41) is 3.21. The minimum Gasteiger partial charge on any atom is -0.326 e. The Kier molecular flexibility index (Phi) is 4.49. The van der Waals surface area contributed by atoms with E-state index in [0.29, 0.717) is 35.4 Å². The van der Waals surface area contributed by atoms with Crippen LogP contribution >= 0.6 is 0 Å². The van der Waals surface area contributed by atoms with Gasteiger partial charge in [0.05, 0.1) is 0 Å². The fraction of sp³-hybridized carbons (Fsp3) is 0.615. The summed E-state index contributed by atoms with van der Waals surface area (Å²) in [4.78, 5) is 25.4. The molecule has 4 aliphatic rings. The predicted molar refractivity (Wildman–Crippen MR) is 115 cm³/mol. The molecule has 0 radical (unpaired) electrons. The van der Waals surface area contributed by atoms with Gasteiger partial charge < -0.3 is 5.32 Å². The third-order valence-corrected chi connectivity index (χ3v) is 9.17. The topological polar surface area (TPSA) is 46.2 Å². The number of amides is 1. The molecule has 5 rings (SSSR count). The fourth-order valence-electron chi connectivity index (χ4n) is 7.67. The summed E-state index contributed by atoms with van der Waals surface area (Å²) in [6.07, 6.45) is 10.5. The molecule has 1 unspecified atom stereocenters. The summed E-state index contributed by atoms with van der Waals surface area (Å²) >= 11 is 0. The molecule has 0 bridgehead atoms. The first-order valence-corrected chi connectivity index (χ1v) is 11.5. The minimum atomic E-state index is 0.118. The minimum absolute atomic E-state index is 0.118. The van der Waals surface area contributed by atoms with Crippen molar-refractivity contribution in [1.29, 1.82) is 0 Å². The molecule has 4 aliphatic carbocycles. The predicted octanol–water partition coefficient (Wildman–Crippen LogP) is 5.77. The van der Waals surface area contributed by atoms with Crippen molar-refractivity contribution >= 4 is 17.4 Å². The van der Waals surface area contributed by atoms with Crippen LogP contribution in [0.1, 0.15) is 65.2 Å². The summed E-state index contributed by atoms with van der Waals surface area (Å²) in [5.41, 5.74) is 2.77. The van der Waals surface area contributed by atoms with Gasteiger partial charge in [-0.1, -0.05) is 37.6 Å². The fourth-order valence-corrected chi connectivity index (χ4v) is 7.67. The SMILES string of the molecule is C[C@@]12CCC(C(=O)Nc3ccccc3)[C@H]1[C@@H]1CCC3=CC(=O)CC[C@]3(C)[C@H]1CC2. The van der Waals surface area contributed by atoms with E-state index in [9.17, 15) is 9.59 Å². The van der Waals surface area contributed by atoms with E-state index >= 15 is 0 Å². The Morgan fingerprint density at radius 1 is 1.00 bits per heavy atom. The van der Waals surface area contributed by atoms with Crippen LogP contribution in [0.5, 0.6) is 0 Å². The number of fused-ring (bicyclic) bond motifs is 5. The lowest BCUT2D eigenvalue weighted by molar-refractivity contribution is -0.126. The standard InChI is InChI=1S/C26H33NO2/c1-25-13-11-21(24(29)27-18-6-4-3-5-7-18)23(25)20-9-8-17-16-19(28)10-15-26(17,2)22(20)12-14-25/h3-7,16,20-23H,8-15H2,1-2H3,(H,27,29)/t20-,21?,22+,23-,25+,26+/m1/s1. The maximum absolute atomic E-state index is 13.3. The Hall–Kier alpha value is -1.90. The number of ketones is 1. The number of hydrogen-bond donors (Lipinski definition) is 1. The number of carbonyl (C=O) groups is 2. The molecule has 3 saturated carbocycles. The molecular formula is C26H33NO2. The van der Waals surface area contributed by atoms with Gasteiger partial charge in [0, 0.05) is 18.0 Å². The smallest absolute Gasteiger partial charge is 0.227 e. The van der Waals surface area contributed by atoms with E-state index in [2.05, 4.69) is 19.2 Å². The van der Waals surface area contributed by atoms with Gasteiger partial charge in [0.25, 0.3) is 0 Å². The molecule has 1 aromatic carbocycles. The molecule has 6 atom stereocenters. The zero-order valence-corrected chi connectivity index (χ0v) is 17.7. The molecular weight excluding hydrogens is 358 g/mol. The van der Waals surface area contributed by atoms with Crippen molar-refractivity contribution < 1.29 is 9.59 Å². The maximum Gasteiger partial charge on any atom is 0.227 e. The van der Waals surface area contributed by atoms with Crippen LogP contribution in [0.15, 0.2) is 42.0 Å². The highest BCUT2D eigenvalue weighted by Gasteiger charge is 2.59. The molecule has 1 amide bonds. The number of hydrogen-bond acceptors (Lipinski definition) is 2. The maximum atomic E-state index is 13.3. The Bertz CT molecular complexity index is 859.